The van der Waals surface area contributed by atoms with E-state index in [1.54, 1.807) is 29.1 Å². The normalized spacial score (nSPS) is 16.7. The number of rotatable bonds is 8. The summed E-state index contributed by atoms with van der Waals surface area (Å²) in [7, 11) is -4.02. The molecule has 0 aliphatic heterocycles. The second kappa shape index (κ2) is 9.24. The molecule has 9 nitrogen and oxygen atoms in total. The highest BCUT2D eigenvalue weighted by Gasteiger charge is 2.28. The maximum absolute atomic E-state index is 12.7. The van der Waals surface area contributed by atoms with Crippen LogP contribution in [0.1, 0.15) is 51.6 Å². The number of carbonyl (C=O) groups excluding carboxylic acids is 1. The van der Waals surface area contributed by atoms with Crippen molar-refractivity contribution in [3.8, 4) is 0 Å². The van der Waals surface area contributed by atoms with Gasteiger partial charge in [-0.3, -0.25) is 9.59 Å². The monoisotopic (exact) mass is 468 g/mol. The molecule has 1 heterocycles. The van der Waals surface area contributed by atoms with Crippen molar-refractivity contribution in [2.75, 3.05) is 0 Å². The minimum atomic E-state index is -4.02. The number of aliphatic carboxylic acids is 1. The van der Waals surface area contributed by atoms with Crippen LogP contribution in [0.5, 0.6) is 0 Å². The third-order valence-electron chi connectivity index (χ3n) is 5.80. The van der Waals surface area contributed by atoms with Crippen LogP contribution < -0.4 is 4.72 Å². The maximum atomic E-state index is 12.7. The van der Waals surface area contributed by atoms with Gasteiger partial charge in [-0.15, -0.1) is 5.10 Å². The van der Waals surface area contributed by atoms with Crippen LogP contribution in [-0.4, -0.2) is 46.8 Å². The number of aryl methyl sites for hydroxylation is 2. The Kier molecular flexibility index (Phi) is 6.39. The lowest BCUT2D eigenvalue weighted by Crippen LogP contribution is -2.42. The molecule has 2 aromatic carbocycles. The summed E-state index contributed by atoms with van der Waals surface area (Å²) < 4.78 is 29.2. The minimum absolute atomic E-state index is 0.00323. The number of nitrogens with zero attached hydrogens (tertiary/aromatic N) is 3. The average molecular weight is 469 g/mol. The standard InChI is InChI=1S/C23H24N4O5S/c1-15-5-8-19(9-6-15)33(31,32)25-21(23(29)30)12-18-13-27(26-24-18)22-4-2-3-17-11-16(14-28)7-10-20(17)22/h5-11,13-14,21-22,25H,2-4,12H2,1H3,(H,29,30)/t21-,22?/m1/s1. The van der Waals surface area contributed by atoms with Crippen LogP contribution in [0.2, 0.25) is 0 Å². The molecule has 0 fully saturated rings. The first-order valence-electron chi connectivity index (χ1n) is 10.6. The number of sulfonamides is 1. The fourth-order valence-electron chi connectivity index (χ4n) is 4.08. The first-order valence-corrected chi connectivity index (χ1v) is 12.1. The summed E-state index contributed by atoms with van der Waals surface area (Å²) in [4.78, 5) is 22.9. The smallest absolute Gasteiger partial charge is 0.322 e. The summed E-state index contributed by atoms with van der Waals surface area (Å²) in [5, 5.41) is 17.9. The summed E-state index contributed by atoms with van der Waals surface area (Å²) in [6.07, 6.45) is 4.95. The molecule has 3 aromatic rings. The third kappa shape index (κ3) is 5.01. The van der Waals surface area contributed by atoms with Gasteiger partial charge in [-0.25, -0.2) is 13.1 Å². The zero-order chi connectivity index (χ0) is 23.6. The quantitative estimate of drug-likeness (QED) is 0.485. The molecule has 1 unspecified atom stereocenters. The third-order valence-corrected chi connectivity index (χ3v) is 7.29. The Hall–Kier alpha value is -3.37. The van der Waals surface area contributed by atoms with Gasteiger partial charge in [0, 0.05) is 18.2 Å². The van der Waals surface area contributed by atoms with Crippen molar-refractivity contribution >= 4 is 22.3 Å². The van der Waals surface area contributed by atoms with E-state index in [-0.39, 0.29) is 17.4 Å². The number of carbonyl (C=O) groups is 2. The van der Waals surface area contributed by atoms with Gasteiger partial charge in [-0.05, 0) is 55.5 Å². The Balaban J connectivity index is 1.53. The second-order valence-corrected chi connectivity index (χ2v) is 9.92. The molecular weight excluding hydrogens is 444 g/mol. The Morgan fingerprint density at radius 3 is 2.73 bits per heavy atom. The minimum Gasteiger partial charge on any atom is -0.480 e. The van der Waals surface area contributed by atoms with Gasteiger partial charge in [0.1, 0.15) is 12.3 Å². The summed E-state index contributed by atoms with van der Waals surface area (Å²) in [5.41, 5.74) is 4.02. The molecular formula is C23H24N4O5S. The summed E-state index contributed by atoms with van der Waals surface area (Å²) >= 11 is 0. The van der Waals surface area contributed by atoms with Crippen LogP contribution in [0.15, 0.2) is 53.6 Å². The van der Waals surface area contributed by atoms with Crippen LogP contribution >= 0.6 is 0 Å². The van der Waals surface area contributed by atoms with Crippen LogP contribution in [0.4, 0.5) is 0 Å². The highest BCUT2D eigenvalue weighted by Crippen LogP contribution is 2.32. The zero-order valence-electron chi connectivity index (χ0n) is 18.0. The van der Waals surface area contributed by atoms with E-state index in [1.807, 2.05) is 19.1 Å². The van der Waals surface area contributed by atoms with Crippen molar-refractivity contribution in [3.63, 3.8) is 0 Å². The van der Waals surface area contributed by atoms with Gasteiger partial charge in [-0.1, -0.05) is 35.0 Å². The van der Waals surface area contributed by atoms with Crippen molar-refractivity contribution in [2.45, 2.75) is 49.6 Å². The van der Waals surface area contributed by atoms with E-state index in [2.05, 4.69) is 15.0 Å². The molecule has 0 spiro atoms. The van der Waals surface area contributed by atoms with Crippen molar-refractivity contribution in [1.29, 1.82) is 0 Å². The number of benzene rings is 2. The van der Waals surface area contributed by atoms with Gasteiger partial charge in [0.2, 0.25) is 10.0 Å². The Bertz CT molecular complexity index is 1280. The van der Waals surface area contributed by atoms with E-state index >= 15 is 0 Å². The number of hydrogen-bond acceptors (Lipinski definition) is 6. The molecule has 10 heteroatoms. The Morgan fingerprint density at radius 1 is 1.27 bits per heavy atom. The van der Waals surface area contributed by atoms with Crippen molar-refractivity contribution in [2.24, 2.45) is 0 Å². The number of aromatic nitrogens is 3. The number of nitrogens with one attached hydrogen (secondary N) is 1. The lowest BCUT2D eigenvalue weighted by Gasteiger charge is -2.25. The molecule has 0 amide bonds. The van der Waals surface area contributed by atoms with Gasteiger partial charge in [0.25, 0.3) is 0 Å². The zero-order valence-corrected chi connectivity index (χ0v) is 18.8. The Labute approximate surface area is 191 Å². The molecule has 2 atom stereocenters. The van der Waals surface area contributed by atoms with Crippen molar-refractivity contribution in [1.82, 2.24) is 19.7 Å². The largest absolute Gasteiger partial charge is 0.480 e. The first kappa shape index (κ1) is 22.8. The topological polar surface area (TPSA) is 131 Å². The Morgan fingerprint density at radius 2 is 2.03 bits per heavy atom. The molecule has 2 N–H and O–H groups in total. The fraction of sp³-hybridized carbons (Fsp3) is 0.304. The van der Waals surface area contributed by atoms with Crippen LogP contribution in [-0.2, 0) is 27.7 Å². The molecule has 4 rings (SSSR count). The van der Waals surface area contributed by atoms with E-state index in [4.69, 9.17) is 0 Å². The fourth-order valence-corrected chi connectivity index (χ4v) is 5.27. The molecule has 33 heavy (non-hydrogen) atoms. The van der Waals surface area contributed by atoms with Gasteiger partial charge in [-0.2, -0.15) is 4.72 Å². The lowest BCUT2D eigenvalue weighted by molar-refractivity contribution is -0.138. The van der Waals surface area contributed by atoms with Crippen LogP contribution in [0, 0.1) is 6.92 Å². The number of aldehydes is 1. The molecule has 1 aliphatic carbocycles. The van der Waals surface area contributed by atoms with E-state index < -0.39 is 22.0 Å². The van der Waals surface area contributed by atoms with Gasteiger partial charge >= 0.3 is 5.97 Å². The van der Waals surface area contributed by atoms with Crippen LogP contribution in [0.25, 0.3) is 0 Å². The highest BCUT2D eigenvalue weighted by molar-refractivity contribution is 7.89. The molecule has 1 aromatic heterocycles. The van der Waals surface area contributed by atoms with Gasteiger partial charge in [0.15, 0.2) is 0 Å². The van der Waals surface area contributed by atoms with Gasteiger partial charge in [0.05, 0.1) is 16.6 Å². The summed E-state index contributed by atoms with van der Waals surface area (Å²) in [6, 6.07) is 10.3. The summed E-state index contributed by atoms with van der Waals surface area (Å²) in [5.74, 6) is -1.30. The van der Waals surface area contributed by atoms with Gasteiger partial charge < -0.3 is 5.11 Å². The maximum Gasteiger partial charge on any atom is 0.322 e. The average Bonchev–Trinajstić information content (AvgIpc) is 3.26. The molecule has 1 aliphatic rings. The lowest BCUT2D eigenvalue weighted by atomic mass is 9.87. The number of fused-ring (bicyclic) bond motifs is 1. The SMILES string of the molecule is Cc1ccc(S(=O)(=O)N[C@H](Cc2cn(C3CCCc4cc(C=O)ccc43)nn2)C(=O)O)cc1. The van der Waals surface area contributed by atoms with Crippen molar-refractivity contribution in [3.05, 3.63) is 76.6 Å². The molecule has 172 valence electrons. The number of carboxylic acid groups (broad SMARTS) is 1. The van der Waals surface area contributed by atoms with E-state index in [0.717, 1.165) is 42.2 Å². The molecule has 0 bridgehead atoms. The highest BCUT2D eigenvalue weighted by atomic mass is 32.2. The molecule has 0 radical (unpaired) electrons. The molecule has 0 saturated carbocycles. The second-order valence-electron chi connectivity index (χ2n) is 8.20. The van der Waals surface area contributed by atoms with Crippen molar-refractivity contribution < 1.29 is 23.1 Å². The van der Waals surface area contributed by atoms with Crippen LogP contribution in [0.3, 0.4) is 0 Å². The predicted octanol–water partition coefficient (Wildman–Crippen LogP) is 2.30. The van der Waals surface area contributed by atoms with E-state index in [0.29, 0.717) is 11.3 Å². The predicted molar refractivity (Wildman–Crippen MR) is 120 cm³/mol. The summed E-state index contributed by atoms with van der Waals surface area (Å²) in [6.45, 7) is 1.83. The van der Waals surface area contributed by atoms with E-state index in [9.17, 15) is 23.1 Å². The molecule has 0 saturated heterocycles. The van der Waals surface area contributed by atoms with E-state index in [1.165, 1.54) is 12.1 Å². The number of carboxylic acids is 1. The first-order chi connectivity index (χ1) is 15.8. The number of hydrogen-bond donors (Lipinski definition) is 2.